The maximum atomic E-state index is 13.2. The van der Waals surface area contributed by atoms with E-state index < -0.39 is 0 Å². The molecule has 0 radical (unpaired) electrons. The third kappa shape index (κ3) is 3.31. The minimum atomic E-state index is -0.204. The lowest BCUT2D eigenvalue weighted by molar-refractivity contribution is -0.191. The summed E-state index contributed by atoms with van der Waals surface area (Å²) in [5.74, 6) is 0.194. The van der Waals surface area contributed by atoms with E-state index in [0.29, 0.717) is 29.0 Å². The van der Waals surface area contributed by atoms with E-state index in [-0.39, 0.29) is 12.0 Å². The molecule has 0 fully saturated rings. The number of nitrogen functional groups attached to an aromatic ring is 1. The quantitative estimate of drug-likeness (QED) is 0.739. The molecular formula is C14H12FN5O2. The number of aryl methyl sites for hydroxylation is 1. The summed E-state index contributed by atoms with van der Waals surface area (Å²) in [6.45, 7) is 1.74. The number of hydrogen-bond donors (Lipinski definition) is 2. The molecule has 2 aromatic heterocycles. The van der Waals surface area contributed by atoms with Gasteiger partial charge < -0.3 is 5.73 Å². The summed E-state index contributed by atoms with van der Waals surface area (Å²) in [5, 5.41) is 10.5. The number of nitrogens with zero attached hydrogens (tertiary/aromatic N) is 3. The number of rotatable bonds is 2. The summed E-state index contributed by atoms with van der Waals surface area (Å²) < 4.78 is 13.2. The van der Waals surface area contributed by atoms with Gasteiger partial charge >= 0.3 is 6.15 Å². The van der Waals surface area contributed by atoms with Crippen molar-refractivity contribution in [3.63, 3.8) is 0 Å². The van der Waals surface area contributed by atoms with Crippen LogP contribution >= 0.6 is 0 Å². The number of fused-ring (bicyclic) bond motifs is 1. The van der Waals surface area contributed by atoms with Gasteiger partial charge in [-0.1, -0.05) is 12.1 Å². The molecular weight excluding hydrogens is 289 g/mol. The fourth-order valence-electron chi connectivity index (χ4n) is 2.09. The standard InChI is InChI=1S/C13H12FN5.CO2/c1-7-4-8(2-3-10(7)14)5-9-6-11(15)16-13-12(9)17-19-18-13;2-1-3/h2-4,6H,5H2,1H3,(H3,15,16,17,18,19);. The first-order valence-electron chi connectivity index (χ1n) is 6.25. The van der Waals surface area contributed by atoms with Gasteiger partial charge in [0.25, 0.3) is 0 Å². The first-order chi connectivity index (χ1) is 10.5. The molecule has 112 valence electrons. The van der Waals surface area contributed by atoms with Gasteiger partial charge in [-0.3, -0.25) is 0 Å². The molecule has 0 aliphatic rings. The molecule has 3 aromatic rings. The molecule has 0 aliphatic carbocycles. The number of aromatic nitrogens is 4. The molecule has 0 spiro atoms. The summed E-state index contributed by atoms with van der Waals surface area (Å²) in [5.41, 5.74) is 9.46. The number of pyridine rings is 1. The minimum Gasteiger partial charge on any atom is -0.384 e. The smallest absolute Gasteiger partial charge is 0.373 e. The number of nitrogens with one attached hydrogen (secondary N) is 1. The van der Waals surface area contributed by atoms with Crippen molar-refractivity contribution in [2.75, 3.05) is 5.73 Å². The summed E-state index contributed by atoms with van der Waals surface area (Å²) in [4.78, 5) is 20.3. The Morgan fingerprint density at radius 2 is 2.00 bits per heavy atom. The lowest BCUT2D eigenvalue weighted by atomic mass is 10.0. The SMILES string of the molecule is Cc1cc(Cc2cc(N)nc3n[nH]nc23)ccc1F.O=C=O. The van der Waals surface area contributed by atoms with Crippen molar-refractivity contribution in [2.24, 2.45) is 0 Å². The van der Waals surface area contributed by atoms with E-state index in [1.54, 1.807) is 19.1 Å². The highest BCUT2D eigenvalue weighted by Gasteiger charge is 2.09. The Hall–Kier alpha value is -3.12. The number of H-pyrrole nitrogens is 1. The second-order valence-electron chi connectivity index (χ2n) is 4.55. The van der Waals surface area contributed by atoms with E-state index in [1.165, 1.54) is 6.07 Å². The predicted molar refractivity (Wildman–Crippen MR) is 75.0 cm³/mol. The molecule has 8 heteroatoms. The van der Waals surface area contributed by atoms with Crippen LogP contribution in [-0.4, -0.2) is 26.5 Å². The highest BCUT2D eigenvalue weighted by Crippen LogP contribution is 2.20. The monoisotopic (exact) mass is 301 g/mol. The normalized spacial score (nSPS) is 9.91. The largest absolute Gasteiger partial charge is 0.384 e. The molecule has 1 aromatic carbocycles. The zero-order chi connectivity index (χ0) is 16.1. The minimum absolute atomic E-state index is 0.204. The van der Waals surface area contributed by atoms with Crippen LogP contribution in [0.5, 0.6) is 0 Å². The van der Waals surface area contributed by atoms with Crippen LogP contribution in [0.4, 0.5) is 10.2 Å². The Kier molecular flexibility index (Phi) is 4.55. The van der Waals surface area contributed by atoms with E-state index in [1.807, 2.05) is 6.07 Å². The number of hydrogen-bond acceptors (Lipinski definition) is 6. The van der Waals surface area contributed by atoms with Crippen molar-refractivity contribution >= 4 is 23.1 Å². The predicted octanol–water partition coefficient (Wildman–Crippen LogP) is 1.39. The average Bonchev–Trinajstić information content (AvgIpc) is 2.92. The summed E-state index contributed by atoms with van der Waals surface area (Å²) >= 11 is 0. The van der Waals surface area contributed by atoms with E-state index >= 15 is 0 Å². The summed E-state index contributed by atoms with van der Waals surface area (Å²) in [6.07, 6.45) is 0.858. The maximum absolute atomic E-state index is 13.2. The maximum Gasteiger partial charge on any atom is 0.373 e. The molecule has 3 rings (SSSR count). The van der Waals surface area contributed by atoms with E-state index in [0.717, 1.165) is 11.1 Å². The van der Waals surface area contributed by atoms with E-state index in [4.69, 9.17) is 15.3 Å². The second kappa shape index (κ2) is 6.55. The van der Waals surface area contributed by atoms with E-state index in [2.05, 4.69) is 20.4 Å². The molecule has 22 heavy (non-hydrogen) atoms. The number of benzene rings is 1. The van der Waals surface area contributed by atoms with Gasteiger partial charge in [-0.25, -0.2) is 9.37 Å². The van der Waals surface area contributed by atoms with Crippen LogP contribution < -0.4 is 5.73 Å². The zero-order valence-electron chi connectivity index (χ0n) is 11.6. The number of carbonyl (C=O) groups excluding carboxylic acids is 2. The van der Waals surface area contributed by atoms with Crippen LogP contribution in [-0.2, 0) is 16.0 Å². The van der Waals surface area contributed by atoms with Gasteiger partial charge in [0.1, 0.15) is 17.2 Å². The Labute approximate surface area is 124 Å². The third-order valence-corrected chi connectivity index (χ3v) is 3.01. The van der Waals surface area contributed by atoms with Crippen molar-refractivity contribution in [3.05, 3.63) is 46.8 Å². The number of nitrogens with two attached hydrogens (primary N) is 1. The van der Waals surface area contributed by atoms with Gasteiger partial charge in [0.05, 0.1) is 0 Å². The lowest BCUT2D eigenvalue weighted by Crippen LogP contribution is -1.97. The molecule has 0 aliphatic heterocycles. The lowest BCUT2D eigenvalue weighted by Gasteiger charge is -2.05. The van der Waals surface area contributed by atoms with Crippen molar-refractivity contribution in [1.29, 1.82) is 0 Å². The zero-order valence-corrected chi connectivity index (χ0v) is 11.6. The molecule has 2 heterocycles. The van der Waals surface area contributed by atoms with Crippen LogP contribution in [0.3, 0.4) is 0 Å². The first kappa shape index (κ1) is 15.3. The van der Waals surface area contributed by atoms with Gasteiger partial charge in [-0.15, -0.1) is 5.10 Å². The number of aromatic amines is 1. The Bertz CT molecular complexity index is 840. The molecule has 0 saturated carbocycles. The van der Waals surface area contributed by atoms with Gasteiger partial charge in [0.2, 0.25) is 5.65 Å². The van der Waals surface area contributed by atoms with Crippen LogP contribution in [0.25, 0.3) is 11.2 Å². The van der Waals surface area contributed by atoms with Gasteiger partial charge in [-0.2, -0.15) is 19.9 Å². The summed E-state index contributed by atoms with van der Waals surface area (Å²) in [6, 6.07) is 6.81. The molecule has 0 bridgehead atoms. The highest BCUT2D eigenvalue weighted by molar-refractivity contribution is 5.76. The number of anilines is 1. The number of halogens is 1. The fourth-order valence-corrected chi connectivity index (χ4v) is 2.09. The summed E-state index contributed by atoms with van der Waals surface area (Å²) in [7, 11) is 0. The van der Waals surface area contributed by atoms with Crippen LogP contribution in [0.1, 0.15) is 16.7 Å². The van der Waals surface area contributed by atoms with Gasteiger partial charge in [0.15, 0.2) is 0 Å². The van der Waals surface area contributed by atoms with Crippen molar-refractivity contribution < 1.29 is 14.0 Å². The molecule has 3 N–H and O–H groups in total. The highest BCUT2D eigenvalue weighted by atomic mass is 19.1. The fraction of sp³-hybridized carbons (Fsp3) is 0.143. The van der Waals surface area contributed by atoms with Gasteiger partial charge in [0, 0.05) is 0 Å². The van der Waals surface area contributed by atoms with Gasteiger partial charge in [-0.05, 0) is 42.2 Å². The van der Waals surface area contributed by atoms with Crippen molar-refractivity contribution in [2.45, 2.75) is 13.3 Å². The first-order valence-corrected chi connectivity index (χ1v) is 6.25. The van der Waals surface area contributed by atoms with Crippen LogP contribution in [0.2, 0.25) is 0 Å². The molecule has 0 unspecified atom stereocenters. The van der Waals surface area contributed by atoms with Crippen molar-refractivity contribution in [3.8, 4) is 0 Å². The van der Waals surface area contributed by atoms with Crippen LogP contribution in [0.15, 0.2) is 24.3 Å². The Balaban J connectivity index is 0.000000545. The van der Waals surface area contributed by atoms with Crippen molar-refractivity contribution in [1.82, 2.24) is 20.4 Å². The second-order valence-corrected chi connectivity index (χ2v) is 4.55. The Morgan fingerprint density at radius 1 is 1.27 bits per heavy atom. The topological polar surface area (TPSA) is 115 Å². The average molecular weight is 301 g/mol. The molecule has 0 amide bonds. The van der Waals surface area contributed by atoms with Crippen LogP contribution in [0, 0.1) is 12.7 Å². The molecule has 7 nitrogen and oxygen atoms in total. The molecule has 0 atom stereocenters. The molecule has 0 saturated heterocycles. The Morgan fingerprint density at radius 3 is 2.68 bits per heavy atom. The van der Waals surface area contributed by atoms with E-state index in [9.17, 15) is 4.39 Å². The third-order valence-electron chi connectivity index (χ3n) is 3.01.